The summed E-state index contributed by atoms with van der Waals surface area (Å²) in [6.07, 6.45) is 1.62. The Bertz CT molecular complexity index is 969. The number of hydrogen-bond acceptors (Lipinski definition) is 4. The highest BCUT2D eigenvalue weighted by Crippen LogP contribution is 2.37. The first-order valence-electron chi connectivity index (χ1n) is 9.00. The van der Waals surface area contributed by atoms with E-state index in [1.165, 1.54) is 0 Å². The van der Waals surface area contributed by atoms with Crippen LogP contribution in [0.3, 0.4) is 0 Å². The predicted octanol–water partition coefficient (Wildman–Crippen LogP) is 3.21. The predicted molar refractivity (Wildman–Crippen MR) is 108 cm³/mol. The Labute approximate surface area is 163 Å². The van der Waals surface area contributed by atoms with E-state index in [0.717, 1.165) is 27.0 Å². The number of hydrogen-bond donors (Lipinski definition) is 0. The van der Waals surface area contributed by atoms with Crippen LogP contribution in [0.2, 0.25) is 0 Å². The second-order valence-corrected chi connectivity index (χ2v) is 9.30. The van der Waals surface area contributed by atoms with Gasteiger partial charge in [0.1, 0.15) is 23.2 Å². The Morgan fingerprint density at radius 2 is 1.63 bits per heavy atom. The Balaban J connectivity index is 1.73. The Hall–Kier alpha value is -1.80. The summed E-state index contributed by atoms with van der Waals surface area (Å²) in [6.45, 7) is 10.1. The molecule has 1 atom stereocenters. The van der Waals surface area contributed by atoms with E-state index in [-0.39, 0.29) is 0 Å². The molecular weight excluding hydrogens is 359 g/mol. The van der Waals surface area contributed by atoms with Gasteiger partial charge >= 0.3 is 7.12 Å². The molecule has 140 valence electrons. The first-order chi connectivity index (χ1) is 12.7. The van der Waals surface area contributed by atoms with E-state index in [0.29, 0.717) is 0 Å². The fraction of sp³-hybridized carbons (Fsp3) is 0.350. The topological polar surface area (TPSA) is 59.3 Å². The summed E-state index contributed by atoms with van der Waals surface area (Å²) in [5.74, 6) is 0. The lowest BCUT2D eigenvalue weighted by Crippen LogP contribution is -2.41. The van der Waals surface area contributed by atoms with Crippen molar-refractivity contribution in [2.75, 3.05) is 0 Å². The number of nitrogens with zero attached hydrogens (tertiary/aromatic N) is 2. The molecular formula is C20H23BN2O3S. The van der Waals surface area contributed by atoms with Gasteiger partial charge in [-0.15, -0.1) is 3.97 Å². The number of rotatable bonds is 3. The molecule has 0 amide bonds. The van der Waals surface area contributed by atoms with Gasteiger partial charge in [-0.05, 0) is 52.8 Å². The molecule has 27 heavy (non-hydrogen) atoms. The van der Waals surface area contributed by atoms with Crippen LogP contribution in [0.4, 0.5) is 0 Å². The standard InChI is InChI=1S/C20H23BN2O3S/c1-14-9-11-15(12-10-14)27(24)23-13-22-18-16(7-6-8-17(18)23)21-25-19(2,3)20(4,5)26-21/h6-13H,1-5H3. The molecule has 2 aromatic carbocycles. The summed E-state index contributed by atoms with van der Waals surface area (Å²) in [4.78, 5) is 5.27. The normalized spacial score (nSPS) is 19.6. The number of benzene rings is 2. The molecule has 5 nitrogen and oxygen atoms in total. The zero-order valence-electron chi connectivity index (χ0n) is 16.2. The largest absolute Gasteiger partial charge is 0.587 e. The first kappa shape index (κ1) is 18.6. The molecule has 0 aliphatic carbocycles. The van der Waals surface area contributed by atoms with Gasteiger partial charge in [-0.3, -0.25) is 0 Å². The summed E-state index contributed by atoms with van der Waals surface area (Å²) in [5, 5.41) is 0. The van der Waals surface area contributed by atoms with Crippen LogP contribution in [-0.2, 0) is 20.7 Å². The van der Waals surface area contributed by atoms with Gasteiger partial charge in [0.25, 0.3) is 0 Å². The van der Waals surface area contributed by atoms with Gasteiger partial charge in [-0.25, -0.2) is 4.98 Å². The second-order valence-electron chi connectivity index (χ2n) is 7.94. The average Bonchev–Trinajstić information content (AvgIpc) is 3.13. The molecule has 0 N–H and O–H groups in total. The molecule has 3 aromatic rings. The third-order valence-electron chi connectivity index (χ3n) is 5.48. The summed E-state index contributed by atoms with van der Waals surface area (Å²) in [6, 6.07) is 13.5. The van der Waals surface area contributed by atoms with E-state index >= 15 is 0 Å². The van der Waals surface area contributed by atoms with Crippen LogP contribution in [0.1, 0.15) is 33.3 Å². The average molecular weight is 382 g/mol. The quantitative estimate of drug-likeness (QED) is 0.516. The van der Waals surface area contributed by atoms with Crippen LogP contribution in [-0.4, -0.2) is 31.8 Å². The highest BCUT2D eigenvalue weighted by molar-refractivity contribution is 7.90. The molecule has 1 aliphatic rings. The summed E-state index contributed by atoms with van der Waals surface area (Å²) in [5.41, 5.74) is 2.68. The van der Waals surface area contributed by atoms with Crippen LogP contribution < -0.4 is 5.46 Å². The van der Waals surface area contributed by atoms with E-state index in [4.69, 9.17) is 9.31 Å². The highest BCUT2D eigenvalue weighted by Gasteiger charge is 2.52. The number of para-hydroxylation sites is 1. The molecule has 0 spiro atoms. The van der Waals surface area contributed by atoms with Crippen LogP contribution in [0.15, 0.2) is 53.7 Å². The summed E-state index contributed by atoms with van der Waals surface area (Å²) >= 11 is -1.37. The van der Waals surface area contributed by atoms with Crippen molar-refractivity contribution in [1.82, 2.24) is 8.96 Å². The van der Waals surface area contributed by atoms with Gasteiger partial charge in [0.2, 0.25) is 0 Å². The molecule has 1 aliphatic heterocycles. The number of aromatic nitrogens is 2. The number of imidazole rings is 1. The summed E-state index contributed by atoms with van der Waals surface area (Å²) in [7, 11) is -0.505. The Kier molecular flexibility index (Phi) is 4.39. The van der Waals surface area contributed by atoms with Gasteiger partial charge in [-0.2, -0.15) is 0 Å². The van der Waals surface area contributed by atoms with Crippen molar-refractivity contribution in [3.63, 3.8) is 0 Å². The van der Waals surface area contributed by atoms with Crippen molar-refractivity contribution in [2.24, 2.45) is 0 Å². The van der Waals surface area contributed by atoms with Gasteiger partial charge in [0, 0.05) is 5.46 Å². The van der Waals surface area contributed by atoms with E-state index < -0.39 is 29.7 Å². The maximum absolute atomic E-state index is 13.0. The van der Waals surface area contributed by atoms with Crippen LogP contribution in [0, 0.1) is 6.92 Å². The third-order valence-corrected chi connectivity index (χ3v) is 6.81. The smallest absolute Gasteiger partial charge is 0.497 e. The third kappa shape index (κ3) is 3.08. The minimum absolute atomic E-state index is 0.423. The molecule has 1 saturated heterocycles. The lowest BCUT2D eigenvalue weighted by molar-refractivity contribution is 0.00578. The van der Waals surface area contributed by atoms with Gasteiger partial charge in [-0.1, -0.05) is 29.8 Å². The molecule has 0 saturated carbocycles. The maximum Gasteiger partial charge on any atom is 0.497 e. The van der Waals surface area contributed by atoms with E-state index in [2.05, 4.69) is 4.98 Å². The van der Waals surface area contributed by atoms with Crippen molar-refractivity contribution in [3.8, 4) is 0 Å². The van der Waals surface area contributed by atoms with E-state index in [9.17, 15) is 4.55 Å². The Morgan fingerprint density at radius 1 is 1.00 bits per heavy atom. The molecule has 1 aromatic heterocycles. The molecule has 0 radical (unpaired) electrons. The van der Waals surface area contributed by atoms with Crippen molar-refractivity contribution in [2.45, 2.75) is 50.7 Å². The monoisotopic (exact) mass is 382 g/mol. The maximum atomic E-state index is 13.0. The SMILES string of the molecule is Cc1ccc([S+]([O-])n2cnc3c(B4OC(C)(C)C(C)(C)O4)cccc32)cc1. The fourth-order valence-corrected chi connectivity index (χ4v) is 4.15. The molecule has 4 rings (SSSR count). The van der Waals surface area contributed by atoms with Crippen LogP contribution in [0.25, 0.3) is 11.0 Å². The van der Waals surface area contributed by atoms with Crippen molar-refractivity contribution in [1.29, 1.82) is 0 Å². The molecule has 7 heteroatoms. The first-order valence-corrected chi connectivity index (χ1v) is 10.1. The molecule has 2 heterocycles. The molecule has 1 fully saturated rings. The fourth-order valence-electron chi connectivity index (χ4n) is 3.10. The van der Waals surface area contributed by atoms with Crippen LogP contribution >= 0.6 is 0 Å². The zero-order valence-corrected chi connectivity index (χ0v) is 17.0. The minimum Gasteiger partial charge on any atom is -0.587 e. The second kappa shape index (κ2) is 6.38. The molecule has 0 bridgehead atoms. The van der Waals surface area contributed by atoms with E-state index in [1.54, 1.807) is 10.3 Å². The summed E-state index contributed by atoms with van der Waals surface area (Å²) < 4.78 is 27.1. The van der Waals surface area contributed by atoms with Gasteiger partial charge < -0.3 is 13.9 Å². The minimum atomic E-state index is -1.37. The number of fused-ring (bicyclic) bond motifs is 1. The highest BCUT2D eigenvalue weighted by atomic mass is 32.2. The Morgan fingerprint density at radius 3 is 2.26 bits per heavy atom. The van der Waals surface area contributed by atoms with E-state index in [1.807, 2.05) is 77.1 Å². The number of aryl methyl sites for hydroxylation is 1. The lowest BCUT2D eigenvalue weighted by atomic mass is 9.78. The van der Waals surface area contributed by atoms with Crippen molar-refractivity contribution < 1.29 is 13.9 Å². The van der Waals surface area contributed by atoms with Gasteiger partial charge in [0.15, 0.2) is 4.90 Å². The molecule has 1 unspecified atom stereocenters. The van der Waals surface area contributed by atoms with Crippen molar-refractivity contribution in [3.05, 3.63) is 54.4 Å². The van der Waals surface area contributed by atoms with Crippen molar-refractivity contribution >= 4 is 35.0 Å². The zero-order chi connectivity index (χ0) is 19.4. The van der Waals surface area contributed by atoms with Gasteiger partial charge in [0.05, 0.1) is 16.7 Å². The lowest BCUT2D eigenvalue weighted by Gasteiger charge is -2.32. The van der Waals surface area contributed by atoms with Crippen LogP contribution in [0.5, 0.6) is 0 Å².